The molecule has 0 aliphatic heterocycles. The van der Waals surface area contributed by atoms with Gasteiger partial charge in [-0.05, 0) is 50.2 Å². The third kappa shape index (κ3) is 3.28. The van der Waals surface area contributed by atoms with Crippen molar-refractivity contribution in [2.24, 2.45) is 0 Å². The predicted molar refractivity (Wildman–Crippen MR) is 91.3 cm³/mol. The van der Waals surface area contributed by atoms with Gasteiger partial charge in [-0.25, -0.2) is 18.4 Å². The van der Waals surface area contributed by atoms with E-state index in [-0.39, 0.29) is 4.90 Å². The van der Waals surface area contributed by atoms with Crippen LogP contribution in [0.15, 0.2) is 47.4 Å². The molecule has 0 fully saturated rings. The van der Waals surface area contributed by atoms with Crippen molar-refractivity contribution in [2.75, 3.05) is 4.72 Å². The fraction of sp³-hybridized carbons (Fsp3) is 0.125. The maximum atomic E-state index is 12.4. The summed E-state index contributed by atoms with van der Waals surface area (Å²) in [6.45, 7) is 3.75. The third-order valence-electron chi connectivity index (χ3n) is 3.43. The summed E-state index contributed by atoms with van der Waals surface area (Å²) in [5, 5.41) is 0.364. The van der Waals surface area contributed by atoms with Crippen LogP contribution in [-0.2, 0) is 10.0 Å². The van der Waals surface area contributed by atoms with Gasteiger partial charge < -0.3 is 0 Å². The summed E-state index contributed by atoms with van der Waals surface area (Å²) >= 11 is 5.85. The summed E-state index contributed by atoms with van der Waals surface area (Å²) in [6.07, 6.45) is 0. The van der Waals surface area contributed by atoms with Crippen LogP contribution < -0.4 is 4.72 Å². The first-order valence-corrected chi connectivity index (χ1v) is 8.75. The minimum absolute atomic E-state index is 0.108. The quantitative estimate of drug-likeness (QED) is 0.784. The Hall–Kier alpha value is -2.18. The zero-order chi connectivity index (χ0) is 16.6. The average Bonchev–Trinajstić information content (AvgIpc) is 2.48. The fourth-order valence-corrected chi connectivity index (χ4v) is 3.49. The largest absolute Gasteiger partial charge is 0.280 e. The normalized spacial score (nSPS) is 11.6. The number of hydrogen-bond acceptors (Lipinski definition) is 4. The van der Waals surface area contributed by atoms with Crippen molar-refractivity contribution in [1.82, 2.24) is 9.97 Å². The molecular formula is C16H14ClN3O2S. The van der Waals surface area contributed by atoms with E-state index >= 15 is 0 Å². The summed E-state index contributed by atoms with van der Waals surface area (Å²) in [4.78, 5) is 8.97. The monoisotopic (exact) mass is 347 g/mol. The number of anilines is 1. The van der Waals surface area contributed by atoms with Gasteiger partial charge in [-0.3, -0.25) is 4.72 Å². The molecule has 0 aliphatic rings. The molecule has 7 heteroatoms. The topological polar surface area (TPSA) is 72.0 Å². The van der Waals surface area contributed by atoms with Crippen molar-refractivity contribution >= 4 is 38.3 Å². The Bertz CT molecular complexity index is 1000. The lowest BCUT2D eigenvalue weighted by Crippen LogP contribution is -2.13. The van der Waals surface area contributed by atoms with Crippen LogP contribution in [0.25, 0.3) is 11.0 Å². The molecule has 23 heavy (non-hydrogen) atoms. The smallest absolute Gasteiger partial charge is 0.261 e. The molecule has 1 heterocycles. The van der Waals surface area contributed by atoms with E-state index in [0.29, 0.717) is 16.2 Å². The fourth-order valence-electron chi connectivity index (χ4n) is 2.14. The van der Waals surface area contributed by atoms with Crippen molar-refractivity contribution < 1.29 is 8.42 Å². The maximum absolute atomic E-state index is 12.4. The highest BCUT2D eigenvalue weighted by molar-refractivity contribution is 7.92. The van der Waals surface area contributed by atoms with Gasteiger partial charge in [0, 0.05) is 5.02 Å². The van der Waals surface area contributed by atoms with E-state index in [1.54, 1.807) is 30.3 Å². The van der Waals surface area contributed by atoms with Crippen LogP contribution >= 0.6 is 11.6 Å². The lowest BCUT2D eigenvalue weighted by molar-refractivity contribution is 0.601. The first-order chi connectivity index (χ1) is 10.8. The highest BCUT2D eigenvalue weighted by Gasteiger charge is 2.15. The van der Waals surface area contributed by atoms with Crippen LogP contribution in [0.4, 0.5) is 5.69 Å². The second kappa shape index (κ2) is 5.79. The van der Waals surface area contributed by atoms with Gasteiger partial charge >= 0.3 is 0 Å². The molecule has 5 nitrogen and oxygen atoms in total. The molecule has 2 aromatic carbocycles. The molecular weight excluding hydrogens is 334 g/mol. The molecule has 0 amide bonds. The second-order valence-electron chi connectivity index (χ2n) is 5.16. The highest BCUT2D eigenvalue weighted by Crippen LogP contribution is 2.22. The molecule has 0 bridgehead atoms. The summed E-state index contributed by atoms with van der Waals surface area (Å²) in [5.41, 5.74) is 3.45. The molecule has 0 saturated heterocycles. The number of rotatable bonds is 3. The SMILES string of the molecule is Cc1nc2ccc(NS(=O)(=O)c3cccc(Cl)c3)cc2nc1C. The van der Waals surface area contributed by atoms with Crippen LogP contribution in [0.1, 0.15) is 11.4 Å². The van der Waals surface area contributed by atoms with Gasteiger partial charge in [0.15, 0.2) is 0 Å². The van der Waals surface area contributed by atoms with Gasteiger partial charge in [0.05, 0.1) is 33.0 Å². The van der Waals surface area contributed by atoms with Gasteiger partial charge in [-0.1, -0.05) is 17.7 Å². The summed E-state index contributed by atoms with van der Waals surface area (Å²) < 4.78 is 27.3. The van der Waals surface area contributed by atoms with Crippen molar-refractivity contribution in [3.05, 3.63) is 58.9 Å². The molecule has 0 atom stereocenters. The Morgan fingerprint density at radius 2 is 1.65 bits per heavy atom. The van der Waals surface area contributed by atoms with Gasteiger partial charge in [-0.15, -0.1) is 0 Å². The minimum Gasteiger partial charge on any atom is -0.280 e. The number of nitrogens with one attached hydrogen (secondary N) is 1. The molecule has 118 valence electrons. The summed E-state index contributed by atoms with van der Waals surface area (Å²) in [5.74, 6) is 0. The maximum Gasteiger partial charge on any atom is 0.261 e. The Balaban J connectivity index is 1.99. The Morgan fingerprint density at radius 3 is 2.35 bits per heavy atom. The zero-order valence-corrected chi connectivity index (χ0v) is 14.1. The van der Waals surface area contributed by atoms with Crippen LogP contribution in [-0.4, -0.2) is 18.4 Å². The predicted octanol–water partition coefficient (Wildman–Crippen LogP) is 3.70. The number of aromatic nitrogens is 2. The van der Waals surface area contributed by atoms with Crippen molar-refractivity contribution in [3.63, 3.8) is 0 Å². The van der Waals surface area contributed by atoms with E-state index in [2.05, 4.69) is 14.7 Å². The molecule has 1 N–H and O–H groups in total. The van der Waals surface area contributed by atoms with Gasteiger partial charge in [0.25, 0.3) is 10.0 Å². The lowest BCUT2D eigenvalue weighted by atomic mass is 10.2. The number of benzene rings is 2. The number of sulfonamides is 1. The molecule has 0 saturated carbocycles. The van der Waals surface area contributed by atoms with E-state index in [4.69, 9.17) is 11.6 Å². The second-order valence-corrected chi connectivity index (χ2v) is 7.28. The zero-order valence-electron chi connectivity index (χ0n) is 12.5. The molecule has 0 unspecified atom stereocenters. The van der Waals surface area contributed by atoms with Crippen molar-refractivity contribution in [2.45, 2.75) is 18.7 Å². The molecule has 3 rings (SSSR count). The van der Waals surface area contributed by atoms with Gasteiger partial charge in [0.2, 0.25) is 0 Å². The van der Waals surface area contributed by atoms with E-state index in [9.17, 15) is 8.42 Å². The molecule has 1 aromatic heterocycles. The van der Waals surface area contributed by atoms with E-state index < -0.39 is 10.0 Å². The van der Waals surface area contributed by atoms with Gasteiger partial charge in [-0.2, -0.15) is 0 Å². The average molecular weight is 348 g/mol. The van der Waals surface area contributed by atoms with E-state index in [1.165, 1.54) is 12.1 Å². The van der Waals surface area contributed by atoms with E-state index in [1.807, 2.05) is 13.8 Å². The standard InChI is InChI=1S/C16H14ClN3O2S/c1-10-11(2)19-16-9-13(6-7-15(16)18-10)20-23(21,22)14-5-3-4-12(17)8-14/h3-9,20H,1-2H3. The number of hydrogen-bond donors (Lipinski definition) is 1. The molecule has 0 radical (unpaired) electrons. The van der Waals surface area contributed by atoms with Crippen molar-refractivity contribution in [3.8, 4) is 0 Å². The first-order valence-electron chi connectivity index (χ1n) is 6.88. The van der Waals surface area contributed by atoms with Crippen LogP contribution in [0.2, 0.25) is 5.02 Å². The first kappa shape index (κ1) is 15.7. The van der Waals surface area contributed by atoms with Gasteiger partial charge in [0.1, 0.15) is 0 Å². The van der Waals surface area contributed by atoms with Crippen LogP contribution in [0.3, 0.4) is 0 Å². The number of halogens is 1. The van der Waals surface area contributed by atoms with Crippen molar-refractivity contribution in [1.29, 1.82) is 0 Å². The Labute approximate surface area is 139 Å². The Kier molecular flexibility index (Phi) is 3.95. The number of nitrogens with zero attached hydrogens (tertiary/aromatic N) is 2. The summed E-state index contributed by atoms with van der Waals surface area (Å²) in [6, 6.07) is 11.2. The van der Waals surface area contributed by atoms with Crippen LogP contribution in [0.5, 0.6) is 0 Å². The summed E-state index contributed by atoms with van der Waals surface area (Å²) in [7, 11) is -3.71. The number of fused-ring (bicyclic) bond motifs is 1. The molecule has 0 spiro atoms. The number of aryl methyl sites for hydroxylation is 2. The van der Waals surface area contributed by atoms with E-state index in [0.717, 1.165) is 16.9 Å². The third-order valence-corrected chi connectivity index (χ3v) is 5.05. The Morgan fingerprint density at radius 1 is 0.957 bits per heavy atom. The highest BCUT2D eigenvalue weighted by atomic mass is 35.5. The molecule has 0 aliphatic carbocycles. The van der Waals surface area contributed by atoms with Crippen LogP contribution in [0, 0.1) is 13.8 Å². The molecule has 3 aromatic rings. The lowest BCUT2D eigenvalue weighted by Gasteiger charge is -2.09. The minimum atomic E-state index is -3.71.